The van der Waals surface area contributed by atoms with Crippen molar-refractivity contribution in [2.75, 3.05) is 0 Å². The van der Waals surface area contributed by atoms with Gasteiger partial charge in [0.15, 0.2) is 0 Å². The Morgan fingerprint density at radius 2 is 2.04 bits per heavy atom. The Labute approximate surface area is 153 Å². The Morgan fingerprint density at radius 1 is 1.15 bits per heavy atom. The molecular weight excluding hydrogens is 326 g/mol. The summed E-state index contributed by atoms with van der Waals surface area (Å²) in [6.07, 6.45) is 3.87. The number of benzene rings is 1. The van der Waals surface area contributed by atoms with E-state index >= 15 is 0 Å². The Kier molecular flexibility index (Phi) is 4.93. The van der Waals surface area contributed by atoms with Crippen molar-refractivity contribution in [1.82, 2.24) is 25.1 Å². The van der Waals surface area contributed by atoms with Crippen LogP contribution in [0, 0.1) is 6.92 Å². The van der Waals surface area contributed by atoms with Crippen LogP contribution < -0.4 is 10.1 Å². The maximum absolute atomic E-state index is 5.78. The molecule has 3 aromatic rings. The van der Waals surface area contributed by atoms with Gasteiger partial charge in [-0.25, -0.2) is 0 Å². The highest BCUT2D eigenvalue weighted by molar-refractivity contribution is 5.27. The lowest BCUT2D eigenvalue weighted by Gasteiger charge is -2.25. The summed E-state index contributed by atoms with van der Waals surface area (Å²) in [5.41, 5.74) is 2.18. The van der Waals surface area contributed by atoms with E-state index in [0.717, 1.165) is 49.0 Å². The molecule has 4 rings (SSSR count). The average Bonchev–Trinajstić information content (AvgIpc) is 3.07. The molecular formula is C20H23N5O. The lowest BCUT2D eigenvalue weighted by Crippen LogP contribution is -2.37. The third kappa shape index (κ3) is 3.91. The number of nitrogens with one attached hydrogen (secondary N) is 1. The smallest absolute Gasteiger partial charge is 0.133 e. The third-order valence-corrected chi connectivity index (χ3v) is 4.76. The Bertz CT molecular complexity index is 844. The van der Waals surface area contributed by atoms with E-state index in [0.29, 0.717) is 12.6 Å². The molecule has 1 unspecified atom stereocenters. The molecule has 1 atom stereocenters. The highest BCUT2D eigenvalue weighted by atomic mass is 16.5. The van der Waals surface area contributed by atoms with Gasteiger partial charge in [0.05, 0.1) is 5.69 Å². The van der Waals surface area contributed by atoms with Crippen molar-refractivity contribution in [3.05, 3.63) is 71.6 Å². The Morgan fingerprint density at radius 3 is 2.85 bits per heavy atom. The highest BCUT2D eigenvalue weighted by Gasteiger charge is 2.20. The van der Waals surface area contributed by atoms with Gasteiger partial charge in [0, 0.05) is 31.7 Å². The fraction of sp³-hybridized carbons (Fsp3) is 0.350. The minimum atomic E-state index is 0.456. The fourth-order valence-electron chi connectivity index (χ4n) is 3.24. The van der Waals surface area contributed by atoms with Gasteiger partial charge in [0.25, 0.3) is 0 Å². The largest absolute Gasteiger partial charge is 0.487 e. The summed E-state index contributed by atoms with van der Waals surface area (Å²) in [7, 11) is 0. The van der Waals surface area contributed by atoms with Gasteiger partial charge in [0.2, 0.25) is 0 Å². The van der Waals surface area contributed by atoms with Crippen LogP contribution in [0.15, 0.2) is 48.7 Å². The molecule has 0 fully saturated rings. The quantitative estimate of drug-likeness (QED) is 0.741. The van der Waals surface area contributed by atoms with Crippen LogP contribution in [0.1, 0.15) is 29.3 Å². The van der Waals surface area contributed by atoms with Gasteiger partial charge >= 0.3 is 0 Å². The minimum absolute atomic E-state index is 0.456. The molecule has 0 amide bonds. The second-order valence-electron chi connectivity index (χ2n) is 6.64. The molecule has 0 radical (unpaired) electrons. The predicted molar refractivity (Wildman–Crippen MR) is 98.7 cm³/mol. The van der Waals surface area contributed by atoms with Gasteiger partial charge < -0.3 is 14.6 Å². The molecule has 1 N–H and O–H groups in total. The van der Waals surface area contributed by atoms with Crippen molar-refractivity contribution in [1.29, 1.82) is 0 Å². The molecule has 0 bridgehead atoms. The number of aryl methyl sites for hydroxylation is 2. The summed E-state index contributed by atoms with van der Waals surface area (Å²) in [6.45, 7) is 4.30. The van der Waals surface area contributed by atoms with Crippen LogP contribution in [0.5, 0.6) is 5.75 Å². The molecule has 1 aliphatic rings. The molecule has 0 aliphatic carbocycles. The van der Waals surface area contributed by atoms with E-state index in [-0.39, 0.29) is 0 Å². The summed E-state index contributed by atoms with van der Waals surface area (Å²) >= 11 is 0. The van der Waals surface area contributed by atoms with E-state index in [1.165, 1.54) is 5.56 Å². The number of ether oxygens (including phenoxy) is 1. The predicted octanol–water partition coefficient (Wildman–Crippen LogP) is 2.67. The summed E-state index contributed by atoms with van der Waals surface area (Å²) in [5, 5.41) is 12.0. The van der Waals surface area contributed by atoms with Gasteiger partial charge in [-0.05, 0) is 43.2 Å². The van der Waals surface area contributed by atoms with Gasteiger partial charge in [-0.2, -0.15) is 0 Å². The minimum Gasteiger partial charge on any atom is -0.487 e. The first-order chi connectivity index (χ1) is 12.8. The number of pyridine rings is 1. The van der Waals surface area contributed by atoms with E-state index < -0.39 is 0 Å². The molecule has 3 heterocycles. The standard InChI is InChI=1S/C20H23N5O/c1-15-23-24-20-10-7-17(13-25(15)20)22-12-16-5-8-19(9-6-16)26-14-18-4-2-3-11-21-18/h2-6,8-9,11,17,22H,7,10,12-14H2,1H3. The van der Waals surface area contributed by atoms with Gasteiger partial charge in [0.1, 0.15) is 24.0 Å². The van der Waals surface area contributed by atoms with Crippen LogP contribution in [0.4, 0.5) is 0 Å². The van der Waals surface area contributed by atoms with Crippen LogP contribution >= 0.6 is 0 Å². The van der Waals surface area contributed by atoms with Gasteiger partial charge in [-0.15, -0.1) is 10.2 Å². The fourth-order valence-corrected chi connectivity index (χ4v) is 3.24. The van der Waals surface area contributed by atoms with Crippen LogP contribution in [0.2, 0.25) is 0 Å². The van der Waals surface area contributed by atoms with E-state index in [9.17, 15) is 0 Å². The summed E-state index contributed by atoms with van der Waals surface area (Å²) in [5.74, 6) is 2.97. The molecule has 0 saturated carbocycles. The van der Waals surface area contributed by atoms with Crippen molar-refractivity contribution < 1.29 is 4.74 Å². The van der Waals surface area contributed by atoms with Crippen LogP contribution in [-0.2, 0) is 26.1 Å². The first-order valence-corrected chi connectivity index (χ1v) is 9.01. The molecule has 134 valence electrons. The van der Waals surface area contributed by atoms with Crippen LogP contribution in [0.25, 0.3) is 0 Å². The number of hydrogen-bond donors (Lipinski definition) is 1. The molecule has 1 aliphatic heterocycles. The maximum Gasteiger partial charge on any atom is 0.133 e. The van der Waals surface area contributed by atoms with E-state index in [1.807, 2.05) is 37.3 Å². The topological polar surface area (TPSA) is 64.9 Å². The zero-order valence-corrected chi connectivity index (χ0v) is 14.9. The highest BCUT2D eigenvalue weighted by Crippen LogP contribution is 2.17. The van der Waals surface area contributed by atoms with Crippen molar-refractivity contribution in [2.45, 2.75) is 45.5 Å². The van der Waals surface area contributed by atoms with E-state index in [2.05, 4.69) is 37.2 Å². The lowest BCUT2D eigenvalue weighted by atomic mass is 10.1. The van der Waals surface area contributed by atoms with Crippen molar-refractivity contribution in [3.8, 4) is 5.75 Å². The first-order valence-electron chi connectivity index (χ1n) is 9.01. The van der Waals surface area contributed by atoms with E-state index in [1.54, 1.807) is 6.20 Å². The van der Waals surface area contributed by atoms with Crippen molar-refractivity contribution in [3.63, 3.8) is 0 Å². The Balaban J connectivity index is 1.27. The van der Waals surface area contributed by atoms with Crippen LogP contribution in [-0.4, -0.2) is 25.8 Å². The third-order valence-electron chi connectivity index (χ3n) is 4.76. The van der Waals surface area contributed by atoms with Crippen molar-refractivity contribution in [2.24, 2.45) is 0 Å². The summed E-state index contributed by atoms with van der Waals surface area (Å²) in [4.78, 5) is 4.26. The maximum atomic E-state index is 5.78. The summed E-state index contributed by atoms with van der Waals surface area (Å²) < 4.78 is 8.00. The molecule has 2 aromatic heterocycles. The Hall–Kier alpha value is -2.73. The molecule has 1 aromatic carbocycles. The lowest BCUT2D eigenvalue weighted by molar-refractivity contribution is 0.301. The summed E-state index contributed by atoms with van der Waals surface area (Å²) in [6, 6.07) is 14.5. The van der Waals surface area contributed by atoms with Gasteiger partial charge in [-0.1, -0.05) is 18.2 Å². The SMILES string of the molecule is Cc1nnc2n1CC(NCc1ccc(OCc3ccccn3)cc1)CC2. The molecule has 6 heteroatoms. The number of hydrogen-bond acceptors (Lipinski definition) is 5. The van der Waals surface area contributed by atoms with Crippen molar-refractivity contribution >= 4 is 0 Å². The number of fused-ring (bicyclic) bond motifs is 1. The molecule has 0 spiro atoms. The first kappa shape index (κ1) is 16.7. The molecule has 0 saturated heterocycles. The number of rotatable bonds is 6. The molecule has 6 nitrogen and oxygen atoms in total. The normalized spacial score (nSPS) is 16.3. The van der Waals surface area contributed by atoms with Crippen LogP contribution in [0.3, 0.4) is 0 Å². The number of aromatic nitrogens is 4. The second-order valence-corrected chi connectivity index (χ2v) is 6.64. The van der Waals surface area contributed by atoms with E-state index in [4.69, 9.17) is 4.74 Å². The van der Waals surface area contributed by atoms with Gasteiger partial charge in [-0.3, -0.25) is 4.98 Å². The zero-order chi connectivity index (χ0) is 17.8. The monoisotopic (exact) mass is 349 g/mol. The average molecular weight is 349 g/mol. The zero-order valence-electron chi connectivity index (χ0n) is 14.9. The second kappa shape index (κ2) is 7.66. The number of nitrogens with zero attached hydrogens (tertiary/aromatic N) is 4. The molecule has 26 heavy (non-hydrogen) atoms.